The second-order valence-corrected chi connectivity index (χ2v) is 6.45. The lowest BCUT2D eigenvalue weighted by atomic mass is 9.95. The topological polar surface area (TPSA) is 42.7 Å². The van der Waals surface area contributed by atoms with Crippen molar-refractivity contribution in [1.29, 1.82) is 0 Å². The minimum Gasteiger partial charge on any atom is -0.354 e. The largest absolute Gasteiger partial charge is 0.354 e. The van der Waals surface area contributed by atoms with Crippen LogP contribution in [0.5, 0.6) is 0 Å². The molecule has 0 bridgehead atoms. The first-order chi connectivity index (χ1) is 9.66. The Labute approximate surface area is 119 Å². The average Bonchev–Trinajstić information content (AvgIpc) is 3.04. The highest BCUT2D eigenvalue weighted by Gasteiger charge is 2.47. The maximum Gasteiger partial charge on any atom is 0.221 e. The molecule has 4 nitrogen and oxygen atoms in total. The molecule has 2 aromatic rings. The van der Waals surface area contributed by atoms with Gasteiger partial charge in [-0.25, -0.2) is 4.68 Å². The van der Waals surface area contributed by atoms with Gasteiger partial charge in [-0.15, -0.1) is 5.10 Å². The maximum atomic E-state index is 4.78. The predicted octanol–water partition coefficient (Wildman–Crippen LogP) is 3.41. The fourth-order valence-electron chi connectivity index (χ4n) is 3.10. The summed E-state index contributed by atoms with van der Waals surface area (Å²) in [4.78, 5) is 4.68. The highest BCUT2D eigenvalue weighted by molar-refractivity contribution is 5.57. The standard InChI is InChI=1S/C16H20N4/c1-11-3-5-12(6-4-11)14-18-15-17-10-7-13(20(15)19-14)16(2)8-9-16/h3-6,13H,7-10H2,1-2H3,(H,17,18,19). The van der Waals surface area contributed by atoms with Crippen LogP contribution in [0.3, 0.4) is 0 Å². The number of aromatic nitrogens is 3. The first-order valence-corrected chi connectivity index (χ1v) is 7.43. The molecule has 0 amide bonds. The van der Waals surface area contributed by atoms with E-state index in [1.165, 1.54) is 18.4 Å². The normalized spacial score (nSPS) is 23.0. The van der Waals surface area contributed by atoms with Crippen molar-refractivity contribution in [2.24, 2.45) is 5.41 Å². The first kappa shape index (κ1) is 11.9. The predicted molar refractivity (Wildman–Crippen MR) is 79.7 cm³/mol. The summed E-state index contributed by atoms with van der Waals surface area (Å²) < 4.78 is 2.13. The second kappa shape index (κ2) is 4.08. The zero-order valence-corrected chi connectivity index (χ0v) is 12.1. The third kappa shape index (κ3) is 1.82. The van der Waals surface area contributed by atoms with Gasteiger partial charge in [0.25, 0.3) is 0 Å². The van der Waals surface area contributed by atoms with Crippen LogP contribution in [0.2, 0.25) is 0 Å². The van der Waals surface area contributed by atoms with Crippen molar-refractivity contribution in [2.75, 3.05) is 11.9 Å². The van der Waals surface area contributed by atoms with E-state index in [1.807, 2.05) is 0 Å². The SMILES string of the molecule is Cc1ccc(-c2nc3n(n2)C(C2(C)CC2)CCN3)cc1. The minimum absolute atomic E-state index is 0.440. The van der Waals surface area contributed by atoms with Gasteiger partial charge >= 0.3 is 0 Å². The van der Waals surface area contributed by atoms with Gasteiger partial charge in [0.15, 0.2) is 5.82 Å². The molecule has 1 aromatic carbocycles. The van der Waals surface area contributed by atoms with Gasteiger partial charge < -0.3 is 5.32 Å². The van der Waals surface area contributed by atoms with E-state index in [-0.39, 0.29) is 0 Å². The van der Waals surface area contributed by atoms with Crippen molar-refractivity contribution >= 4 is 5.95 Å². The average molecular weight is 268 g/mol. The van der Waals surface area contributed by atoms with Gasteiger partial charge in [0.2, 0.25) is 5.95 Å². The number of aryl methyl sites for hydroxylation is 1. The van der Waals surface area contributed by atoms with Gasteiger partial charge in [0, 0.05) is 12.1 Å². The van der Waals surface area contributed by atoms with Crippen LogP contribution >= 0.6 is 0 Å². The second-order valence-electron chi connectivity index (χ2n) is 6.45. The van der Waals surface area contributed by atoms with Crippen LogP contribution in [0.1, 0.15) is 37.8 Å². The Morgan fingerprint density at radius 2 is 2.00 bits per heavy atom. The number of rotatable bonds is 2. The number of fused-ring (bicyclic) bond motifs is 1. The molecule has 104 valence electrons. The fraction of sp³-hybridized carbons (Fsp3) is 0.500. The Morgan fingerprint density at radius 3 is 2.70 bits per heavy atom. The molecule has 1 aromatic heterocycles. The lowest BCUT2D eigenvalue weighted by Crippen LogP contribution is -2.29. The molecule has 2 aliphatic rings. The van der Waals surface area contributed by atoms with Gasteiger partial charge in [-0.3, -0.25) is 0 Å². The molecule has 2 heterocycles. The van der Waals surface area contributed by atoms with Crippen molar-refractivity contribution < 1.29 is 0 Å². The third-order valence-electron chi connectivity index (χ3n) is 4.78. The molecule has 1 N–H and O–H groups in total. The molecule has 1 aliphatic heterocycles. The molecule has 0 spiro atoms. The van der Waals surface area contributed by atoms with Crippen molar-refractivity contribution in [3.05, 3.63) is 29.8 Å². The summed E-state index contributed by atoms with van der Waals surface area (Å²) in [6, 6.07) is 8.94. The Hall–Kier alpha value is -1.84. The molecule has 4 heteroatoms. The minimum atomic E-state index is 0.440. The number of nitrogens with one attached hydrogen (secondary N) is 1. The third-order valence-corrected chi connectivity index (χ3v) is 4.78. The molecule has 0 saturated heterocycles. The summed E-state index contributed by atoms with van der Waals surface area (Å²) in [5.74, 6) is 1.77. The fourth-order valence-corrected chi connectivity index (χ4v) is 3.10. The molecule has 4 rings (SSSR count). The van der Waals surface area contributed by atoms with E-state index in [1.54, 1.807) is 0 Å². The summed E-state index contributed by atoms with van der Waals surface area (Å²) in [5.41, 5.74) is 2.80. The zero-order chi connectivity index (χ0) is 13.7. The molecule has 1 atom stereocenters. The van der Waals surface area contributed by atoms with Crippen LogP contribution in [-0.4, -0.2) is 21.3 Å². The number of hydrogen-bond acceptors (Lipinski definition) is 3. The smallest absolute Gasteiger partial charge is 0.221 e. The molecular formula is C16H20N4. The molecule has 1 saturated carbocycles. The number of hydrogen-bond donors (Lipinski definition) is 1. The van der Waals surface area contributed by atoms with Crippen LogP contribution in [0, 0.1) is 12.3 Å². The number of benzene rings is 1. The van der Waals surface area contributed by atoms with Crippen LogP contribution in [0.4, 0.5) is 5.95 Å². The van der Waals surface area contributed by atoms with Crippen molar-refractivity contribution in [3.8, 4) is 11.4 Å². The summed E-state index contributed by atoms with van der Waals surface area (Å²) in [6.45, 7) is 5.48. The van der Waals surface area contributed by atoms with E-state index in [4.69, 9.17) is 5.10 Å². The van der Waals surface area contributed by atoms with E-state index < -0.39 is 0 Å². The molecule has 20 heavy (non-hydrogen) atoms. The highest BCUT2D eigenvalue weighted by atomic mass is 15.4. The summed E-state index contributed by atoms with van der Waals surface area (Å²) >= 11 is 0. The number of nitrogens with zero attached hydrogens (tertiary/aromatic N) is 3. The number of anilines is 1. The molecule has 1 fully saturated rings. The molecule has 1 aliphatic carbocycles. The van der Waals surface area contributed by atoms with Crippen LogP contribution < -0.4 is 5.32 Å². The van der Waals surface area contributed by atoms with Crippen molar-refractivity contribution in [3.63, 3.8) is 0 Å². The van der Waals surface area contributed by atoms with Crippen molar-refractivity contribution in [2.45, 2.75) is 39.2 Å². The van der Waals surface area contributed by atoms with E-state index in [0.717, 1.165) is 30.3 Å². The Kier molecular flexibility index (Phi) is 2.43. The molecule has 0 radical (unpaired) electrons. The summed E-state index contributed by atoms with van der Waals surface area (Å²) in [6.07, 6.45) is 3.79. The van der Waals surface area contributed by atoms with Gasteiger partial charge in [-0.2, -0.15) is 4.98 Å². The van der Waals surface area contributed by atoms with E-state index in [2.05, 4.69) is 53.1 Å². The van der Waals surface area contributed by atoms with E-state index in [0.29, 0.717) is 11.5 Å². The maximum absolute atomic E-state index is 4.78. The van der Waals surface area contributed by atoms with E-state index in [9.17, 15) is 0 Å². The van der Waals surface area contributed by atoms with Gasteiger partial charge in [-0.1, -0.05) is 36.8 Å². The Bertz CT molecular complexity index is 637. The van der Waals surface area contributed by atoms with Crippen molar-refractivity contribution in [1.82, 2.24) is 14.8 Å². The van der Waals surface area contributed by atoms with Gasteiger partial charge in [0.05, 0.1) is 6.04 Å². The zero-order valence-electron chi connectivity index (χ0n) is 12.1. The monoisotopic (exact) mass is 268 g/mol. The summed E-state index contributed by atoms with van der Waals surface area (Å²) in [5, 5.41) is 8.16. The van der Waals surface area contributed by atoms with Crippen LogP contribution in [0.15, 0.2) is 24.3 Å². The Balaban J connectivity index is 1.74. The van der Waals surface area contributed by atoms with Gasteiger partial charge in [-0.05, 0) is 31.6 Å². The molecule has 1 unspecified atom stereocenters. The van der Waals surface area contributed by atoms with Crippen LogP contribution in [0.25, 0.3) is 11.4 Å². The highest BCUT2D eigenvalue weighted by Crippen LogP contribution is 2.56. The first-order valence-electron chi connectivity index (χ1n) is 7.43. The lowest BCUT2D eigenvalue weighted by molar-refractivity contribution is 0.284. The Morgan fingerprint density at radius 1 is 1.25 bits per heavy atom. The van der Waals surface area contributed by atoms with Crippen LogP contribution in [-0.2, 0) is 0 Å². The lowest BCUT2D eigenvalue weighted by Gasteiger charge is -2.29. The van der Waals surface area contributed by atoms with E-state index >= 15 is 0 Å². The summed E-state index contributed by atoms with van der Waals surface area (Å²) in [7, 11) is 0. The molecular weight excluding hydrogens is 248 g/mol. The quantitative estimate of drug-likeness (QED) is 0.907. The van der Waals surface area contributed by atoms with Gasteiger partial charge in [0.1, 0.15) is 0 Å².